The Morgan fingerprint density at radius 2 is 1.50 bits per heavy atom. The number of para-hydroxylation sites is 1. The Bertz CT molecular complexity index is 662. The van der Waals surface area contributed by atoms with Gasteiger partial charge in [-0.3, -0.25) is 9.80 Å². The smallest absolute Gasteiger partial charge is 0.125 e. The van der Waals surface area contributed by atoms with Crippen molar-refractivity contribution in [3.63, 3.8) is 0 Å². The average molecular weight is 354 g/mol. The molecule has 26 heavy (non-hydrogen) atoms. The summed E-state index contributed by atoms with van der Waals surface area (Å²) in [5.74, 6) is 0.902. The molecule has 2 aromatic rings. The summed E-state index contributed by atoms with van der Waals surface area (Å²) in [6.07, 6.45) is -0.463. The zero-order valence-corrected chi connectivity index (χ0v) is 15.9. The topological polar surface area (TPSA) is 35.9 Å². The summed E-state index contributed by atoms with van der Waals surface area (Å²) in [5, 5.41) is 10.4. The Morgan fingerprint density at radius 1 is 0.885 bits per heavy atom. The van der Waals surface area contributed by atoms with Gasteiger partial charge in [-0.05, 0) is 30.5 Å². The molecule has 3 rings (SSSR count). The van der Waals surface area contributed by atoms with E-state index in [4.69, 9.17) is 4.74 Å². The van der Waals surface area contributed by atoms with Crippen molar-refractivity contribution in [2.24, 2.45) is 0 Å². The van der Waals surface area contributed by atoms with Gasteiger partial charge in [0.1, 0.15) is 18.5 Å². The number of hydrogen-bond acceptors (Lipinski definition) is 4. The second kappa shape index (κ2) is 9.17. The number of benzene rings is 2. The first-order valence-corrected chi connectivity index (χ1v) is 9.47. The quantitative estimate of drug-likeness (QED) is 0.829. The van der Waals surface area contributed by atoms with Crippen LogP contribution >= 0.6 is 0 Å². The van der Waals surface area contributed by atoms with Crippen molar-refractivity contribution < 1.29 is 9.84 Å². The van der Waals surface area contributed by atoms with Crippen LogP contribution in [0, 0.1) is 13.8 Å². The Kier molecular flexibility index (Phi) is 6.67. The number of hydrogen-bond donors (Lipinski definition) is 1. The van der Waals surface area contributed by atoms with E-state index in [1.54, 1.807) is 0 Å². The molecule has 0 aliphatic carbocycles. The molecule has 0 aromatic heterocycles. The molecule has 140 valence electrons. The van der Waals surface area contributed by atoms with Gasteiger partial charge in [0.2, 0.25) is 0 Å². The normalized spacial score (nSPS) is 17.2. The van der Waals surface area contributed by atoms with E-state index in [1.165, 1.54) is 5.56 Å². The summed E-state index contributed by atoms with van der Waals surface area (Å²) in [6, 6.07) is 16.7. The molecular formula is C22H30N2O2. The van der Waals surface area contributed by atoms with Gasteiger partial charge in [0, 0.05) is 39.3 Å². The lowest BCUT2D eigenvalue weighted by Crippen LogP contribution is -2.48. The van der Waals surface area contributed by atoms with Crippen molar-refractivity contribution in [2.45, 2.75) is 26.5 Å². The molecule has 0 amide bonds. The Morgan fingerprint density at radius 3 is 2.15 bits per heavy atom. The number of nitrogens with zero attached hydrogens (tertiary/aromatic N) is 2. The number of β-amino-alcohol motifs (C(OH)–C–C–N with tert-alkyl or cyclic N) is 1. The van der Waals surface area contributed by atoms with Gasteiger partial charge in [0.05, 0.1) is 0 Å². The van der Waals surface area contributed by atoms with Crippen molar-refractivity contribution in [1.29, 1.82) is 0 Å². The van der Waals surface area contributed by atoms with E-state index in [-0.39, 0.29) is 0 Å². The van der Waals surface area contributed by atoms with E-state index in [0.29, 0.717) is 13.2 Å². The van der Waals surface area contributed by atoms with Crippen LogP contribution in [0.2, 0.25) is 0 Å². The molecule has 0 radical (unpaired) electrons. The van der Waals surface area contributed by atoms with Crippen molar-refractivity contribution in [3.8, 4) is 5.75 Å². The van der Waals surface area contributed by atoms with Crippen molar-refractivity contribution in [1.82, 2.24) is 9.80 Å². The minimum atomic E-state index is -0.463. The first-order valence-electron chi connectivity index (χ1n) is 9.47. The maximum Gasteiger partial charge on any atom is 0.125 e. The number of piperazine rings is 1. The molecular weight excluding hydrogens is 324 g/mol. The summed E-state index contributed by atoms with van der Waals surface area (Å²) in [7, 11) is 0. The van der Waals surface area contributed by atoms with Gasteiger partial charge in [0.25, 0.3) is 0 Å². The van der Waals surface area contributed by atoms with E-state index in [0.717, 1.165) is 49.6 Å². The molecule has 0 saturated carbocycles. The Balaban J connectivity index is 1.40. The SMILES string of the molecule is Cc1cccc(C)c1OC[C@H](O)CN1CCN(Cc2ccccc2)CC1. The highest BCUT2D eigenvalue weighted by Crippen LogP contribution is 2.22. The molecule has 1 fully saturated rings. The fourth-order valence-corrected chi connectivity index (χ4v) is 3.53. The molecule has 1 atom stereocenters. The largest absolute Gasteiger partial charge is 0.490 e. The highest BCUT2D eigenvalue weighted by molar-refractivity contribution is 5.39. The number of aliphatic hydroxyl groups excluding tert-OH is 1. The third-order valence-electron chi connectivity index (χ3n) is 5.01. The van der Waals surface area contributed by atoms with E-state index < -0.39 is 6.10 Å². The molecule has 1 aliphatic rings. The lowest BCUT2D eigenvalue weighted by atomic mass is 10.1. The first kappa shape index (κ1) is 18.9. The van der Waals surface area contributed by atoms with E-state index >= 15 is 0 Å². The van der Waals surface area contributed by atoms with Crippen LogP contribution in [0.3, 0.4) is 0 Å². The summed E-state index contributed by atoms with van der Waals surface area (Å²) in [5.41, 5.74) is 3.60. The molecule has 4 nitrogen and oxygen atoms in total. The van der Waals surface area contributed by atoms with E-state index in [9.17, 15) is 5.11 Å². The third kappa shape index (κ3) is 5.31. The van der Waals surface area contributed by atoms with Crippen molar-refractivity contribution in [2.75, 3.05) is 39.3 Å². The summed E-state index contributed by atoms with van der Waals surface area (Å²) in [6.45, 7) is 10.2. The predicted molar refractivity (Wildman–Crippen MR) is 106 cm³/mol. The predicted octanol–water partition coefficient (Wildman–Crippen LogP) is 2.86. The second-order valence-corrected chi connectivity index (χ2v) is 7.25. The molecule has 4 heteroatoms. The first-order chi connectivity index (χ1) is 12.6. The van der Waals surface area contributed by atoms with Crippen LogP contribution in [0.5, 0.6) is 5.75 Å². The van der Waals surface area contributed by atoms with Gasteiger partial charge in [-0.15, -0.1) is 0 Å². The molecule has 1 aliphatic heterocycles. The molecule has 1 heterocycles. The fraction of sp³-hybridized carbons (Fsp3) is 0.455. The lowest BCUT2D eigenvalue weighted by molar-refractivity contribution is 0.0443. The number of rotatable bonds is 7. The number of aryl methyl sites for hydroxylation is 2. The van der Waals surface area contributed by atoms with Gasteiger partial charge in [0.15, 0.2) is 0 Å². The standard InChI is InChI=1S/C22H30N2O2/c1-18-7-6-8-19(2)22(18)26-17-21(25)16-24-13-11-23(12-14-24)15-20-9-4-3-5-10-20/h3-10,21,25H,11-17H2,1-2H3/t21-/m1/s1. The van der Waals surface area contributed by atoms with Crippen molar-refractivity contribution in [3.05, 3.63) is 65.2 Å². The minimum Gasteiger partial charge on any atom is -0.490 e. The number of ether oxygens (including phenoxy) is 1. The van der Waals surface area contributed by atoms with E-state index in [2.05, 4.69) is 40.1 Å². The molecule has 2 aromatic carbocycles. The zero-order valence-electron chi connectivity index (χ0n) is 15.9. The van der Waals surface area contributed by atoms with E-state index in [1.807, 2.05) is 32.0 Å². The van der Waals surface area contributed by atoms with Gasteiger partial charge >= 0.3 is 0 Å². The average Bonchev–Trinajstić information content (AvgIpc) is 2.64. The minimum absolute atomic E-state index is 0.343. The third-order valence-corrected chi connectivity index (χ3v) is 5.01. The second-order valence-electron chi connectivity index (χ2n) is 7.25. The highest BCUT2D eigenvalue weighted by atomic mass is 16.5. The van der Waals surface area contributed by atoms with Crippen molar-refractivity contribution >= 4 is 0 Å². The summed E-state index contributed by atoms with van der Waals surface area (Å²) < 4.78 is 5.88. The number of aliphatic hydroxyl groups is 1. The van der Waals surface area contributed by atoms with Crippen LogP contribution in [0.1, 0.15) is 16.7 Å². The highest BCUT2D eigenvalue weighted by Gasteiger charge is 2.19. The molecule has 0 unspecified atom stereocenters. The maximum absolute atomic E-state index is 10.4. The molecule has 0 bridgehead atoms. The maximum atomic E-state index is 10.4. The Labute approximate surface area is 157 Å². The van der Waals surface area contributed by atoms with Crippen LogP contribution in [-0.2, 0) is 6.54 Å². The van der Waals surface area contributed by atoms with Gasteiger partial charge in [-0.25, -0.2) is 0 Å². The molecule has 1 N–H and O–H groups in total. The summed E-state index contributed by atoms with van der Waals surface area (Å²) >= 11 is 0. The van der Waals surface area contributed by atoms with Gasteiger partial charge < -0.3 is 9.84 Å². The monoisotopic (exact) mass is 354 g/mol. The Hall–Kier alpha value is -1.88. The van der Waals surface area contributed by atoms with Crippen LogP contribution in [0.15, 0.2) is 48.5 Å². The fourth-order valence-electron chi connectivity index (χ4n) is 3.53. The van der Waals surface area contributed by atoms with Crippen LogP contribution in [-0.4, -0.2) is 60.3 Å². The molecule has 1 saturated heterocycles. The lowest BCUT2D eigenvalue weighted by Gasteiger charge is -2.35. The molecule has 0 spiro atoms. The van der Waals surface area contributed by atoms with Gasteiger partial charge in [-0.1, -0.05) is 48.5 Å². The van der Waals surface area contributed by atoms with Crippen LogP contribution in [0.4, 0.5) is 0 Å². The van der Waals surface area contributed by atoms with Crippen LogP contribution in [0.25, 0.3) is 0 Å². The van der Waals surface area contributed by atoms with Gasteiger partial charge in [-0.2, -0.15) is 0 Å². The summed E-state index contributed by atoms with van der Waals surface area (Å²) in [4.78, 5) is 4.81. The van der Waals surface area contributed by atoms with Crippen LogP contribution < -0.4 is 4.74 Å². The zero-order chi connectivity index (χ0) is 18.4.